The van der Waals surface area contributed by atoms with E-state index in [-0.39, 0.29) is 11.9 Å². The maximum absolute atomic E-state index is 11.6. The molecule has 14 heavy (non-hydrogen) atoms. The first kappa shape index (κ1) is 11.5. The third-order valence-electron chi connectivity index (χ3n) is 2.87. The van der Waals surface area contributed by atoms with Crippen LogP contribution in [0.5, 0.6) is 0 Å². The molecule has 1 N–H and O–H groups in total. The molecule has 0 aromatic heterocycles. The zero-order valence-corrected chi connectivity index (χ0v) is 9.38. The number of carbonyl (C=O) groups is 1. The normalized spacial score (nSPS) is 20.4. The number of rotatable bonds is 4. The van der Waals surface area contributed by atoms with Crippen molar-refractivity contribution in [3.63, 3.8) is 0 Å². The highest BCUT2D eigenvalue weighted by Crippen LogP contribution is 2.11. The Morgan fingerprint density at radius 3 is 2.57 bits per heavy atom. The molecule has 0 unspecified atom stereocenters. The van der Waals surface area contributed by atoms with E-state index >= 15 is 0 Å². The van der Waals surface area contributed by atoms with Crippen LogP contribution in [0.1, 0.15) is 39.5 Å². The van der Waals surface area contributed by atoms with E-state index < -0.39 is 0 Å². The summed E-state index contributed by atoms with van der Waals surface area (Å²) in [5, 5.41) is 2.95. The molecule has 0 spiro atoms. The first-order valence-electron chi connectivity index (χ1n) is 5.77. The topological polar surface area (TPSA) is 32.3 Å². The Labute approximate surface area is 86.9 Å². The molecule has 1 rings (SSSR count). The lowest BCUT2D eigenvalue weighted by Crippen LogP contribution is -2.47. The van der Waals surface area contributed by atoms with Gasteiger partial charge in [0.05, 0.1) is 6.04 Å². The molecule has 3 heteroatoms. The van der Waals surface area contributed by atoms with Crippen molar-refractivity contribution in [2.24, 2.45) is 0 Å². The molecule has 1 heterocycles. The van der Waals surface area contributed by atoms with Crippen LogP contribution in [-0.2, 0) is 4.79 Å². The third-order valence-corrected chi connectivity index (χ3v) is 2.87. The summed E-state index contributed by atoms with van der Waals surface area (Å²) in [7, 11) is 0. The van der Waals surface area contributed by atoms with Crippen molar-refractivity contribution < 1.29 is 4.79 Å². The maximum Gasteiger partial charge on any atom is 0.237 e. The van der Waals surface area contributed by atoms with Gasteiger partial charge in [0.1, 0.15) is 0 Å². The molecule has 1 aliphatic heterocycles. The number of amides is 1. The Balaban J connectivity index is 2.30. The molecule has 0 radical (unpaired) electrons. The second-order valence-corrected chi connectivity index (χ2v) is 4.06. The summed E-state index contributed by atoms with van der Waals surface area (Å²) in [4.78, 5) is 13.9. The highest BCUT2D eigenvalue weighted by Gasteiger charge is 2.21. The van der Waals surface area contributed by atoms with E-state index in [1.54, 1.807) is 0 Å². The summed E-state index contributed by atoms with van der Waals surface area (Å²) in [6.45, 7) is 7.06. The number of likely N-dealkylation sites (tertiary alicyclic amines) is 1. The minimum atomic E-state index is 0.0573. The van der Waals surface area contributed by atoms with E-state index in [9.17, 15) is 4.79 Å². The second kappa shape index (κ2) is 6.02. The van der Waals surface area contributed by atoms with Crippen LogP contribution in [0.4, 0.5) is 0 Å². The number of carbonyl (C=O) groups excluding carboxylic acids is 1. The molecule has 0 saturated carbocycles. The van der Waals surface area contributed by atoms with Gasteiger partial charge in [-0.15, -0.1) is 0 Å². The first-order chi connectivity index (χ1) is 6.75. The SMILES string of the molecule is CCCNC(=O)[C@H](C)N1CCCCC1. The molecule has 1 amide bonds. The predicted molar refractivity (Wildman–Crippen MR) is 58.2 cm³/mol. The van der Waals surface area contributed by atoms with Gasteiger partial charge in [0, 0.05) is 6.54 Å². The van der Waals surface area contributed by atoms with Crippen molar-refractivity contribution in [1.29, 1.82) is 0 Å². The van der Waals surface area contributed by atoms with Crippen LogP contribution in [0.3, 0.4) is 0 Å². The fourth-order valence-corrected chi connectivity index (χ4v) is 1.87. The summed E-state index contributed by atoms with van der Waals surface area (Å²) >= 11 is 0. The Morgan fingerprint density at radius 2 is 2.00 bits per heavy atom. The van der Waals surface area contributed by atoms with Gasteiger partial charge in [-0.25, -0.2) is 0 Å². The van der Waals surface area contributed by atoms with Gasteiger partial charge >= 0.3 is 0 Å². The van der Waals surface area contributed by atoms with Crippen molar-refractivity contribution in [2.45, 2.75) is 45.6 Å². The van der Waals surface area contributed by atoms with Crippen molar-refractivity contribution in [2.75, 3.05) is 19.6 Å². The zero-order chi connectivity index (χ0) is 10.4. The molecule has 3 nitrogen and oxygen atoms in total. The summed E-state index contributed by atoms with van der Waals surface area (Å²) in [6.07, 6.45) is 4.81. The van der Waals surface area contributed by atoms with Crippen LogP contribution in [0.25, 0.3) is 0 Å². The Kier molecular flexibility index (Phi) is 4.94. The number of nitrogens with one attached hydrogen (secondary N) is 1. The Hall–Kier alpha value is -0.570. The van der Waals surface area contributed by atoms with Gasteiger partial charge in [0.25, 0.3) is 0 Å². The average Bonchev–Trinajstić information content (AvgIpc) is 2.26. The monoisotopic (exact) mass is 198 g/mol. The largest absolute Gasteiger partial charge is 0.355 e. The maximum atomic E-state index is 11.6. The van der Waals surface area contributed by atoms with Crippen molar-refractivity contribution in [3.8, 4) is 0 Å². The summed E-state index contributed by atoms with van der Waals surface area (Å²) in [6, 6.07) is 0.0573. The van der Waals surface area contributed by atoms with Crippen molar-refractivity contribution in [3.05, 3.63) is 0 Å². The van der Waals surface area contributed by atoms with Gasteiger partial charge in [-0.1, -0.05) is 13.3 Å². The first-order valence-corrected chi connectivity index (χ1v) is 5.77. The van der Waals surface area contributed by atoms with Crippen LogP contribution < -0.4 is 5.32 Å². The van der Waals surface area contributed by atoms with E-state index in [4.69, 9.17) is 0 Å². The number of hydrogen-bond acceptors (Lipinski definition) is 2. The fourth-order valence-electron chi connectivity index (χ4n) is 1.87. The smallest absolute Gasteiger partial charge is 0.237 e. The van der Waals surface area contributed by atoms with Gasteiger partial charge in [-0.2, -0.15) is 0 Å². The lowest BCUT2D eigenvalue weighted by molar-refractivity contribution is -0.126. The lowest BCUT2D eigenvalue weighted by Gasteiger charge is -2.31. The minimum absolute atomic E-state index is 0.0573. The molecule has 0 aliphatic carbocycles. The molecular weight excluding hydrogens is 176 g/mol. The van der Waals surface area contributed by atoms with Crippen molar-refractivity contribution in [1.82, 2.24) is 10.2 Å². The third kappa shape index (κ3) is 3.29. The van der Waals surface area contributed by atoms with Crippen LogP contribution in [0.15, 0.2) is 0 Å². The second-order valence-electron chi connectivity index (χ2n) is 4.06. The van der Waals surface area contributed by atoms with Gasteiger partial charge in [0.15, 0.2) is 0 Å². The number of nitrogens with zero attached hydrogens (tertiary/aromatic N) is 1. The van der Waals surface area contributed by atoms with E-state index in [2.05, 4.69) is 17.1 Å². The quantitative estimate of drug-likeness (QED) is 0.740. The highest BCUT2D eigenvalue weighted by atomic mass is 16.2. The summed E-state index contributed by atoms with van der Waals surface area (Å²) in [5.74, 6) is 0.189. The Morgan fingerprint density at radius 1 is 1.36 bits per heavy atom. The fraction of sp³-hybridized carbons (Fsp3) is 0.909. The number of hydrogen-bond donors (Lipinski definition) is 1. The van der Waals surface area contributed by atoms with E-state index in [0.717, 1.165) is 26.1 Å². The van der Waals surface area contributed by atoms with Crippen LogP contribution in [0.2, 0.25) is 0 Å². The molecule has 0 bridgehead atoms. The van der Waals surface area contributed by atoms with E-state index in [1.807, 2.05) is 6.92 Å². The lowest BCUT2D eigenvalue weighted by atomic mass is 10.1. The van der Waals surface area contributed by atoms with Gasteiger partial charge in [0.2, 0.25) is 5.91 Å². The average molecular weight is 198 g/mol. The molecule has 1 aliphatic rings. The molecule has 0 aromatic rings. The molecule has 0 aromatic carbocycles. The molecule has 82 valence electrons. The number of piperidine rings is 1. The van der Waals surface area contributed by atoms with Crippen molar-refractivity contribution >= 4 is 5.91 Å². The van der Waals surface area contributed by atoms with E-state index in [0.29, 0.717) is 0 Å². The summed E-state index contributed by atoms with van der Waals surface area (Å²) < 4.78 is 0. The summed E-state index contributed by atoms with van der Waals surface area (Å²) in [5.41, 5.74) is 0. The highest BCUT2D eigenvalue weighted by molar-refractivity contribution is 5.81. The zero-order valence-electron chi connectivity index (χ0n) is 9.38. The van der Waals surface area contributed by atoms with Crippen LogP contribution in [-0.4, -0.2) is 36.5 Å². The Bertz CT molecular complexity index is 176. The van der Waals surface area contributed by atoms with Gasteiger partial charge in [-0.3, -0.25) is 9.69 Å². The van der Waals surface area contributed by atoms with E-state index in [1.165, 1.54) is 19.3 Å². The van der Waals surface area contributed by atoms with Crippen LogP contribution >= 0.6 is 0 Å². The molecule has 1 fully saturated rings. The van der Waals surface area contributed by atoms with Crippen LogP contribution in [0, 0.1) is 0 Å². The van der Waals surface area contributed by atoms with Gasteiger partial charge < -0.3 is 5.32 Å². The molecular formula is C11H22N2O. The molecule has 1 saturated heterocycles. The molecule has 1 atom stereocenters. The minimum Gasteiger partial charge on any atom is -0.355 e. The predicted octanol–water partition coefficient (Wildman–Crippen LogP) is 1.39. The van der Waals surface area contributed by atoms with Gasteiger partial charge in [-0.05, 0) is 39.3 Å². The standard InChI is InChI=1S/C11H22N2O/c1-3-7-12-11(14)10(2)13-8-5-4-6-9-13/h10H,3-9H2,1-2H3,(H,12,14)/t10-/m0/s1.